The average Bonchev–Trinajstić information content (AvgIpc) is 2.87. The van der Waals surface area contributed by atoms with Gasteiger partial charge in [0.05, 0.1) is 0 Å². The molecule has 1 aliphatic carbocycles. The Morgan fingerprint density at radius 1 is 1.25 bits per heavy atom. The van der Waals surface area contributed by atoms with E-state index in [2.05, 4.69) is 10.6 Å². The highest BCUT2D eigenvalue weighted by atomic mass is 16.3. The van der Waals surface area contributed by atoms with Crippen molar-refractivity contribution in [2.45, 2.75) is 38.1 Å². The number of hydrogen-bond acceptors (Lipinski definition) is 3. The van der Waals surface area contributed by atoms with Crippen LogP contribution >= 0.6 is 0 Å². The summed E-state index contributed by atoms with van der Waals surface area (Å²) in [7, 11) is 0. The number of nitrogens with one attached hydrogen (secondary N) is 2. The molecule has 0 aromatic carbocycles. The highest BCUT2D eigenvalue weighted by Gasteiger charge is 2.26. The van der Waals surface area contributed by atoms with Crippen LogP contribution in [0.15, 0.2) is 0 Å². The topological polar surface area (TPSA) is 61.4 Å². The first-order chi connectivity index (χ1) is 7.79. The zero-order valence-electron chi connectivity index (χ0n) is 9.74. The van der Waals surface area contributed by atoms with Gasteiger partial charge in [-0.3, -0.25) is 4.79 Å². The smallest absolute Gasteiger partial charge is 0.220 e. The molecule has 2 aliphatic rings. The van der Waals surface area contributed by atoms with Crippen LogP contribution in [-0.2, 0) is 4.79 Å². The number of aliphatic hydroxyl groups excluding tert-OH is 1. The van der Waals surface area contributed by atoms with Gasteiger partial charge in [0, 0.05) is 25.6 Å². The third-order valence-electron chi connectivity index (χ3n) is 3.93. The van der Waals surface area contributed by atoms with Gasteiger partial charge in [-0.15, -0.1) is 0 Å². The minimum Gasteiger partial charge on any atom is -0.396 e. The van der Waals surface area contributed by atoms with E-state index >= 15 is 0 Å². The molecule has 0 bridgehead atoms. The summed E-state index contributed by atoms with van der Waals surface area (Å²) in [6.07, 6.45) is 5.28. The SMILES string of the molecule is O=C1CCC(CNCC2CCCC2CO)N1. The summed E-state index contributed by atoms with van der Waals surface area (Å²) >= 11 is 0. The predicted molar refractivity (Wildman–Crippen MR) is 62.0 cm³/mol. The molecular weight excluding hydrogens is 204 g/mol. The molecular formula is C12H22N2O2. The Kier molecular flexibility index (Phi) is 4.18. The van der Waals surface area contributed by atoms with Gasteiger partial charge in [0.25, 0.3) is 0 Å². The van der Waals surface area contributed by atoms with Gasteiger partial charge in [-0.2, -0.15) is 0 Å². The van der Waals surface area contributed by atoms with Crippen molar-refractivity contribution in [3.8, 4) is 0 Å². The average molecular weight is 226 g/mol. The van der Waals surface area contributed by atoms with Gasteiger partial charge in [0.2, 0.25) is 5.91 Å². The summed E-state index contributed by atoms with van der Waals surface area (Å²) in [4.78, 5) is 11.0. The van der Waals surface area contributed by atoms with Crippen molar-refractivity contribution in [2.75, 3.05) is 19.7 Å². The molecule has 1 saturated heterocycles. The maximum absolute atomic E-state index is 11.0. The van der Waals surface area contributed by atoms with Crippen LogP contribution < -0.4 is 10.6 Å². The highest BCUT2D eigenvalue weighted by molar-refractivity contribution is 5.78. The van der Waals surface area contributed by atoms with Gasteiger partial charge < -0.3 is 15.7 Å². The number of carbonyl (C=O) groups is 1. The van der Waals surface area contributed by atoms with Crippen molar-refractivity contribution in [3.05, 3.63) is 0 Å². The Balaban J connectivity index is 1.62. The molecule has 3 atom stereocenters. The molecule has 0 spiro atoms. The van der Waals surface area contributed by atoms with E-state index in [1.807, 2.05) is 0 Å². The molecule has 1 amide bonds. The predicted octanol–water partition coefficient (Wildman–Crippen LogP) is 0.263. The van der Waals surface area contributed by atoms with E-state index in [-0.39, 0.29) is 5.91 Å². The lowest BCUT2D eigenvalue weighted by Crippen LogP contribution is -2.38. The van der Waals surface area contributed by atoms with E-state index in [0.29, 0.717) is 30.9 Å². The molecule has 92 valence electrons. The Hall–Kier alpha value is -0.610. The molecule has 2 fully saturated rings. The van der Waals surface area contributed by atoms with Crippen LogP contribution in [0.4, 0.5) is 0 Å². The van der Waals surface area contributed by atoms with Gasteiger partial charge in [-0.1, -0.05) is 6.42 Å². The van der Waals surface area contributed by atoms with Gasteiger partial charge in [-0.25, -0.2) is 0 Å². The van der Waals surface area contributed by atoms with Gasteiger partial charge in [-0.05, 0) is 37.6 Å². The van der Waals surface area contributed by atoms with E-state index < -0.39 is 0 Å². The molecule has 16 heavy (non-hydrogen) atoms. The van der Waals surface area contributed by atoms with E-state index in [1.165, 1.54) is 19.3 Å². The molecule has 0 aromatic heterocycles. The summed E-state index contributed by atoms with van der Waals surface area (Å²) in [6.45, 7) is 2.19. The number of aliphatic hydroxyl groups is 1. The second-order valence-electron chi connectivity index (χ2n) is 5.09. The van der Waals surface area contributed by atoms with Gasteiger partial charge >= 0.3 is 0 Å². The molecule has 0 aromatic rings. The molecule has 1 heterocycles. The normalized spacial score (nSPS) is 34.3. The number of rotatable bonds is 5. The number of hydrogen-bond donors (Lipinski definition) is 3. The molecule has 3 N–H and O–H groups in total. The maximum Gasteiger partial charge on any atom is 0.220 e. The Bertz CT molecular complexity index is 245. The zero-order valence-corrected chi connectivity index (χ0v) is 9.74. The standard InChI is InChI=1S/C12H22N2O2/c15-8-10-3-1-2-9(10)6-13-7-11-4-5-12(16)14-11/h9-11,13,15H,1-8H2,(H,14,16). The first-order valence-electron chi connectivity index (χ1n) is 6.40. The monoisotopic (exact) mass is 226 g/mol. The minimum atomic E-state index is 0.181. The second kappa shape index (κ2) is 5.64. The van der Waals surface area contributed by atoms with Gasteiger partial charge in [0.15, 0.2) is 0 Å². The first kappa shape index (κ1) is 11.9. The fraction of sp³-hybridized carbons (Fsp3) is 0.917. The summed E-state index contributed by atoms with van der Waals surface area (Å²) in [5.41, 5.74) is 0. The van der Waals surface area contributed by atoms with Gasteiger partial charge in [0.1, 0.15) is 0 Å². The summed E-state index contributed by atoms with van der Waals surface area (Å²) < 4.78 is 0. The van der Waals surface area contributed by atoms with Crippen molar-refractivity contribution < 1.29 is 9.90 Å². The lowest BCUT2D eigenvalue weighted by atomic mass is 9.97. The van der Waals surface area contributed by atoms with Crippen LogP contribution in [0.2, 0.25) is 0 Å². The fourth-order valence-corrected chi connectivity index (χ4v) is 2.90. The summed E-state index contributed by atoms with van der Waals surface area (Å²) in [5.74, 6) is 1.30. The van der Waals surface area contributed by atoms with E-state index in [0.717, 1.165) is 19.5 Å². The number of amides is 1. The zero-order chi connectivity index (χ0) is 11.4. The van der Waals surface area contributed by atoms with Crippen LogP contribution in [-0.4, -0.2) is 36.8 Å². The minimum absolute atomic E-state index is 0.181. The van der Waals surface area contributed by atoms with Crippen molar-refractivity contribution in [1.82, 2.24) is 10.6 Å². The summed E-state index contributed by atoms with van der Waals surface area (Å²) in [6, 6.07) is 0.321. The molecule has 4 heteroatoms. The molecule has 1 aliphatic heterocycles. The molecule has 4 nitrogen and oxygen atoms in total. The maximum atomic E-state index is 11.0. The van der Waals surface area contributed by atoms with Crippen LogP contribution in [0.25, 0.3) is 0 Å². The Morgan fingerprint density at radius 3 is 2.75 bits per heavy atom. The highest BCUT2D eigenvalue weighted by Crippen LogP contribution is 2.30. The number of carbonyl (C=O) groups excluding carboxylic acids is 1. The van der Waals surface area contributed by atoms with Crippen LogP contribution in [0.3, 0.4) is 0 Å². The third kappa shape index (κ3) is 2.95. The molecule has 1 saturated carbocycles. The Morgan fingerprint density at radius 2 is 2.06 bits per heavy atom. The Labute approximate surface area is 96.8 Å². The lowest BCUT2D eigenvalue weighted by molar-refractivity contribution is -0.119. The second-order valence-corrected chi connectivity index (χ2v) is 5.09. The van der Waals surface area contributed by atoms with E-state index in [9.17, 15) is 9.90 Å². The fourth-order valence-electron chi connectivity index (χ4n) is 2.90. The van der Waals surface area contributed by atoms with Crippen molar-refractivity contribution >= 4 is 5.91 Å². The summed E-state index contributed by atoms with van der Waals surface area (Å²) in [5, 5.41) is 15.6. The van der Waals surface area contributed by atoms with Crippen LogP contribution in [0.5, 0.6) is 0 Å². The molecule has 2 rings (SSSR count). The van der Waals surface area contributed by atoms with Crippen molar-refractivity contribution in [3.63, 3.8) is 0 Å². The van der Waals surface area contributed by atoms with E-state index in [4.69, 9.17) is 0 Å². The van der Waals surface area contributed by atoms with E-state index in [1.54, 1.807) is 0 Å². The third-order valence-corrected chi connectivity index (χ3v) is 3.93. The first-order valence-corrected chi connectivity index (χ1v) is 6.40. The lowest BCUT2D eigenvalue weighted by Gasteiger charge is -2.19. The van der Waals surface area contributed by atoms with Crippen molar-refractivity contribution in [2.24, 2.45) is 11.8 Å². The quantitative estimate of drug-likeness (QED) is 0.630. The van der Waals surface area contributed by atoms with Crippen molar-refractivity contribution in [1.29, 1.82) is 0 Å². The largest absolute Gasteiger partial charge is 0.396 e. The van der Waals surface area contributed by atoms with Crippen LogP contribution in [0.1, 0.15) is 32.1 Å². The van der Waals surface area contributed by atoms with Crippen LogP contribution in [0, 0.1) is 11.8 Å². The molecule has 0 radical (unpaired) electrons. The molecule has 3 unspecified atom stereocenters.